The van der Waals surface area contributed by atoms with Gasteiger partial charge in [0.05, 0.1) is 6.61 Å². The Bertz CT molecular complexity index is 1220. The summed E-state index contributed by atoms with van der Waals surface area (Å²) in [5.74, 6) is 2.36. The zero-order chi connectivity index (χ0) is 32.6. The third-order valence-corrected chi connectivity index (χ3v) is 9.87. The second-order valence-corrected chi connectivity index (χ2v) is 13.6. The number of unbranched alkanes of at least 4 members (excludes halogenated alkanes) is 8. The standard InChI is InChI=1S/C40H55FO5/c1-30(2)40(43)46-39-25-20-35(28-38(39)41)34-18-23-37(24-19-34)45-27-11-9-7-5-3-4-6-8-10-26-44-29-31-12-14-32(15-13-31)33-16-21-36(42)22-17-33/h18-20,23-25,28,31-33H,1,3-17,21-22,26-27,29H2,2H3. The van der Waals surface area contributed by atoms with Crippen LogP contribution in [0.25, 0.3) is 11.1 Å². The highest BCUT2D eigenvalue weighted by molar-refractivity contribution is 5.88. The van der Waals surface area contributed by atoms with Crippen LogP contribution < -0.4 is 9.47 Å². The lowest BCUT2D eigenvalue weighted by Gasteiger charge is -2.35. The van der Waals surface area contributed by atoms with Gasteiger partial charge in [-0.1, -0.05) is 69.7 Å². The fourth-order valence-electron chi connectivity index (χ4n) is 6.94. The molecule has 6 heteroatoms. The van der Waals surface area contributed by atoms with Gasteiger partial charge in [-0.15, -0.1) is 0 Å². The van der Waals surface area contributed by atoms with Crippen LogP contribution in [0.4, 0.5) is 4.39 Å². The van der Waals surface area contributed by atoms with E-state index in [1.165, 1.54) is 96.1 Å². The molecule has 2 aromatic rings. The Hall–Kier alpha value is -2.99. The van der Waals surface area contributed by atoms with Gasteiger partial charge in [0.1, 0.15) is 11.5 Å². The summed E-state index contributed by atoms with van der Waals surface area (Å²) in [5, 5.41) is 0. The second-order valence-electron chi connectivity index (χ2n) is 13.6. The van der Waals surface area contributed by atoms with Gasteiger partial charge >= 0.3 is 5.97 Å². The van der Waals surface area contributed by atoms with Crippen LogP contribution >= 0.6 is 0 Å². The highest BCUT2D eigenvalue weighted by atomic mass is 19.1. The van der Waals surface area contributed by atoms with Crippen molar-refractivity contribution < 1.29 is 28.2 Å². The summed E-state index contributed by atoms with van der Waals surface area (Å²) in [5.41, 5.74) is 1.78. The van der Waals surface area contributed by atoms with Crippen LogP contribution in [0.1, 0.15) is 116 Å². The molecule has 0 N–H and O–H groups in total. The Balaban J connectivity index is 0.941. The molecule has 0 radical (unpaired) electrons. The van der Waals surface area contributed by atoms with Gasteiger partial charge < -0.3 is 14.2 Å². The molecule has 2 aliphatic rings. The van der Waals surface area contributed by atoms with Gasteiger partial charge in [-0.3, -0.25) is 4.79 Å². The molecule has 4 rings (SSSR count). The predicted molar refractivity (Wildman–Crippen MR) is 183 cm³/mol. The van der Waals surface area contributed by atoms with Crippen molar-refractivity contribution in [2.75, 3.05) is 19.8 Å². The summed E-state index contributed by atoms with van der Waals surface area (Å²) in [6.45, 7) is 7.59. The SMILES string of the molecule is C=C(C)C(=O)Oc1ccc(-c2ccc(OCCCCCCCCCCCOCC3CCC(C4CCC(=O)CC4)CC3)cc2)cc1F. The molecule has 0 bridgehead atoms. The minimum absolute atomic E-state index is 0.104. The lowest BCUT2D eigenvalue weighted by molar-refractivity contribution is -0.130. The van der Waals surface area contributed by atoms with E-state index in [1.54, 1.807) is 6.07 Å². The fourth-order valence-corrected chi connectivity index (χ4v) is 6.94. The van der Waals surface area contributed by atoms with E-state index < -0.39 is 11.8 Å². The van der Waals surface area contributed by atoms with Gasteiger partial charge in [0, 0.05) is 31.6 Å². The quantitative estimate of drug-likeness (QED) is 0.0666. The Morgan fingerprint density at radius 3 is 1.93 bits per heavy atom. The van der Waals surface area contributed by atoms with Gasteiger partial charge in [0.2, 0.25) is 0 Å². The van der Waals surface area contributed by atoms with Crippen LogP contribution in [-0.4, -0.2) is 31.6 Å². The summed E-state index contributed by atoms with van der Waals surface area (Å²) < 4.78 is 31.4. The molecule has 0 aliphatic heterocycles. The molecule has 0 saturated heterocycles. The second kappa shape index (κ2) is 19.6. The average Bonchev–Trinajstić information content (AvgIpc) is 3.06. The molecular weight excluding hydrogens is 579 g/mol. The fraction of sp³-hybridized carbons (Fsp3) is 0.600. The average molecular weight is 635 g/mol. The number of carbonyl (C=O) groups excluding carboxylic acids is 2. The van der Waals surface area contributed by atoms with Crippen LogP contribution in [0.2, 0.25) is 0 Å². The molecule has 252 valence electrons. The monoisotopic (exact) mass is 634 g/mol. The van der Waals surface area contributed by atoms with Gasteiger partial charge in [-0.05, 0) is 111 Å². The first-order valence-corrected chi connectivity index (χ1v) is 17.9. The smallest absolute Gasteiger partial charge is 0.338 e. The Morgan fingerprint density at radius 2 is 1.33 bits per heavy atom. The normalized spacial score (nSPS) is 18.8. The van der Waals surface area contributed by atoms with E-state index in [0.717, 1.165) is 74.4 Å². The number of hydrogen-bond donors (Lipinski definition) is 0. The minimum Gasteiger partial charge on any atom is -0.494 e. The van der Waals surface area contributed by atoms with Gasteiger partial charge in [-0.25, -0.2) is 9.18 Å². The summed E-state index contributed by atoms with van der Waals surface area (Å²) in [6.07, 6.45) is 20.4. The molecule has 0 heterocycles. The first kappa shape index (κ1) is 35.9. The summed E-state index contributed by atoms with van der Waals surface area (Å²) >= 11 is 0. The number of benzene rings is 2. The third-order valence-electron chi connectivity index (χ3n) is 9.87. The Labute approximate surface area is 276 Å². The molecule has 2 aromatic carbocycles. The van der Waals surface area contributed by atoms with E-state index in [4.69, 9.17) is 14.2 Å². The van der Waals surface area contributed by atoms with E-state index in [1.807, 2.05) is 24.3 Å². The minimum atomic E-state index is -0.643. The first-order chi connectivity index (χ1) is 22.4. The molecule has 0 spiro atoms. The number of rotatable bonds is 19. The number of ether oxygens (including phenoxy) is 3. The van der Waals surface area contributed by atoms with Crippen molar-refractivity contribution in [3.8, 4) is 22.6 Å². The zero-order valence-corrected chi connectivity index (χ0v) is 28.0. The number of halogens is 1. The Morgan fingerprint density at radius 1 is 0.761 bits per heavy atom. The van der Waals surface area contributed by atoms with Gasteiger partial charge in [0.25, 0.3) is 0 Å². The van der Waals surface area contributed by atoms with Gasteiger partial charge in [-0.2, -0.15) is 0 Å². The molecular formula is C40H55FO5. The summed E-state index contributed by atoms with van der Waals surface area (Å²) in [7, 11) is 0. The maximum absolute atomic E-state index is 14.4. The maximum Gasteiger partial charge on any atom is 0.338 e. The van der Waals surface area contributed by atoms with Crippen molar-refractivity contribution in [1.29, 1.82) is 0 Å². The molecule has 0 aromatic heterocycles. The molecule has 0 unspecified atom stereocenters. The topological polar surface area (TPSA) is 61.8 Å². The van der Waals surface area contributed by atoms with Crippen LogP contribution in [-0.2, 0) is 14.3 Å². The molecule has 46 heavy (non-hydrogen) atoms. The highest BCUT2D eigenvalue weighted by Crippen LogP contribution is 2.39. The molecule has 0 amide bonds. The van der Waals surface area contributed by atoms with E-state index in [2.05, 4.69) is 6.58 Å². The van der Waals surface area contributed by atoms with E-state index in [-0.39, 0.29) is 11.3 Å². The number of ketones is 1. The number of carbonyl (C=O) groups is 2. The predicted octanol–water partition coefficient (Wildman–Crippen LogP) is 10.4. The lowest BCUT2D eigenvalue weighted by atomic mass is 9.71. The molecule has 2 fully saturated rings. The number of esters is 1. The van der Waals surface area contributed by atoms with Crippen molar-refractivity contribution in [1.82, 2.24) is 0 Å². The third kappa shape index (κ3) is 12.3. The van der Waals surface area contributed by atoms with E-state index >= 15 is 0 Å². The van der Waals surface area contributed by atoms with Crippen molar-refractivity contribution in [2.24, 2.45) is 17.8 Å². The zero-order valence-electron chi connectivity index (χ0n) is 28.0. The van der Waals surface area contributed by atoms with Crippen LogP contribution in [0, 0.1) is 23.6 Å². The Kier molecular flexibility index (Phi) is 15.3. The highest BCUT2D eigenvalue weighted by Gasteiger charge is 2.30. The van der Waals surface area contributed by atoms with Crippen LogP contribution in [0.15, 0.2) is 54.6 Å². The van der Waals surface area contributed by atoms with Crippen LogP contribution in [0.5, 0.6) is 11.5 Å². The molecule has 2 saturated carbocycles. The van der Waals surface area contributed by atoms with Crippen molar-refractivity contribution >= 4 is 11.8 Å². The summed E-state index contributed by atoms with van der Waals surface area (Å²) in [6, 6.07) is 12.2. The van der Waals surface area contributed by atoms with Crippen LogP contribution in [0.3, 0.4) is 0 Å². The molecule has 0 atom stereocenters. The summed E-state index contributed by atoms with van der Waals surface area (Å²) in [4.78, 5) is 23.2. The number of Topliss-reactive ketones (excluding diaryl/α,β-unsaturated/α-hetero) is 1. The number of hydrogen-bond acceptors (Lipinski definition) is 5. The largest absolute Gasteiger partial charge is 0.494 e. The lowest BCUT2D eigenvalue weighted by Crippen LogP contribution is -2.27. The maximum atomic E-state index is 14.4. The van der Waals surface area contributed by atoms with Crippen molar-refractivity contribution in [3.05, 3.63) is 60.4 Å². The van der Waals surface area contributed by atoms with Gasteiger partial charge in [0.15, 0.2) is 11.6 Å². The molecule has 2 aliphatic carbocycles. The van der Waals surface area contributed by atoms with Crippen molar-refractivity contribution in [3.63, 3.8) is 0 Å². The first-order valence-electron chi connectivity index (χ1n) is 17.9. The van der Waals surface area contributed by atoms with E-state index in [9.17, 15) is 14.0 Å². The van der Waals surface area contributed by atoms with E-state index in [0.29, 0.717) is 18.0 Å². The van der Waals surface area contributed by atoms with Crippen molar-refractivity contribution in [2.45, 2.75) is 116 Å². The molecule has 5 nitrogen and oxygen atoms in total.